The van der Waals surface area contributed by atoms with Gasteiger partial charge in [-0.05, 0) is 45.4 Å². The zero-order valence-electron chi connectivity index (χ0n) is 15.3. The summed E-state index contributed by atoms with van der Waals surface area (Å²) in [4.78, 5) is 38.1. The van der Waals surface area contributed by atoms with E-state index in [1.165, 1.54) is 4.90 Å². The molecule has 1 aromatic carbocycles. The van der Waals surface area contributed by atoms with Crippen LogP contribution in [0.15, 0.2) is 18.2 Å². The molecule has 0 saturated carbocycles. The summed E-state index contributed by atoms with van der Waals surface area (Å²) in [5.41, 5.74) is 0.648. The van der Waals surface area contributed by atoms with Gasteiger partial charge >= 0.3 is 12.1 Å². The number of ether oxygens (including phenoxy) is 2. The lowest BCUT2D eigenvalue weighted by atomic mass is 9.97. The Morgan fingerprint density at radius 3 is 2.65 bits per heavy atom. The van der Waals surface area contributed by atoms with E-state index < -0.39 is 29.6 Å². The van der Waals surface area contributed by atoms with Crippen LogP contribution in [0.1, 0.15) is 33.3 Å². The molecular formula is C18H23ClN2O5. The number of amides is 2. The predicted molar refractivity (Wildman–Crippen MR) is 97.3 cm³/mol. The smallest absolute Gasteiger partial charge is 0.408 e. The zero-order chi connectivity index (χ0) is 19.5. The molecule has 1 heterocycles. The summed E-state index contributed by atoms with van der Waals surface area (Å²) < 4.78 is 10.2. The molecule has 1 aliphatic heterocycles. The molecule has 142 valence electrons. The van der Waals surface area contributed by atoms with Crippen molar-refractivity contribution >= 4 is 35.3 Å². The number of carbonyl (C=O) groups excluding carboxylic acids is 3. The highest BCUT2D eigenvalue weighted by molar-refractivity contribution is 6.31. The Labute approximate surface area is 157 Å². The number of rotatable bonds is 4. The lowest BCUT2D eigenvalue weighted by Crippen LogP contribution is -2.54. The van der Waals surface area contributed by atoms with Crippen LogP contribution in [0.25, 0.3) is 0 Å². The summed E-state index contributed by atoms with van der Waals surface area (Å²) in [5.74, 6) is -0.955. The van der Waals surface area contributed by atoms with Gasteiger partial charge in [-0.15, -0.1) is 0 Å². The van der Waals surface area contributed by atoms with Crippen LogP contribution in [0, 0.1) is 0 Å². The summed E-state index contributed by atoms with van der Waals surface area (Å²) in [6, 6.07) is 4.25. The SMILES string of the molecule is CCOC(=O)CN1C(=O)[C@@H](NC(=O)OC(C)(C)C)Cc2ccc(Cl)cc21. The Kier molecular flexibility index (Phi) is 6.13. The third-order valence-electron chi connectivity index (χ3n) is 3.61. The number of hydrogen-bond donors (Lipinski definition) is 1. The summed E-state index contributed by atoms with van der Waals surface area (Å²) in [5, 5.41) is 3.03. The van der Waals surface area contributed by atoms with Crippen molar-refractivity contribution < 1.29 is 23.9 Å². The van der Waals surface area contributed by atoms with E-state index in [4.69, 9.17) is 21.1 Å². The van der Waals surface area contributed by atoms with Crippen molar-refractivity contribution in [3.8, 4) is 0 Å². The largest absolute Gasteiger partial charge is 0.465 e. The first-order valence-corrected chi connectivity index (χ1v) is 8.73. The van der Waals surface area contributed by atoms with Crippen molar-refractivity contribution in [3.05, 3.63) is 28.8 Å². The van der Waals surface area contributed by atoms with Crippen LogP contribution in [0.2, 0.25) is 5.02 Å². The van der Waals surface area contributed by atoms with E-state index in [2.05, 4.69) is 5.32 Å². The molecule has 0 aromatic heterocycles. The second kappa shape index (κ2) is 7.95. The van der Waals surface area contributed by atoms with Crippen molar-refractivity contribution in [3.63, 3.8) is 0 Å². The number of hydrogen-bond acceptors (Lipinski definition) is 5. The van der Waals surface area contributed by atoms with Gasteiger partial charge in [0.1, 0.15) is 18.2 Å². The first-order chi connectivity index (χ1) is 12.1. The number of alkyl carbamates (subject to hydrolysis) is 1. The Bertz CT molecular complexity index is 714. The fraction of sp³-hybridized carbons (Fsp3) is 0.500. The number of fused-ring (bicyclic) bond motifs is 1. The van der Waals surface area contributed by atoms with Gasteiger partial charge in [0.05, 0.1) is 6.61 Å². The Morgan fingerprint density at radius 2 is 2.04 bits per heavy atom. The Hall–Kier alpha value is -2.28. The zero-order valence-corrected chi connectivity index (χ0v) is 16.1. The van der Waals surface area contributed by atoms with Gasteiger partial charge in [0.25, 0.3) is 5.91 Å². The molecule has 1 aliphatic rings. The van der Waals surface area contributed by atoms with Crippen molar-refractivity contribution in [1.82, 2.24) is 5.32 Å². The molecule has 1 aromatic rings. The van der Waals surface area contributed by atoms with Crippen LogP contribution >= 0.6 is 11.6 Å². The molecule has 7 nitrogen and oxygen atoms in total. The number of nitrogens with zero attached hydrogens (tertiary/aromatic N) is 1. The van der Waals surface area contributed by atoms with Gasteiger partial charge in [0.15, 0.2) is 0 Å². The van der Waals surface area contributed by atoms with Crippen molar-refractivity contribution in [1.29, 1.82) is 0 Å². The molecule has 2 rings (SSSR count). The van der Waals surface area contributed by atoms with E-state index in [0.29, 0.717) is 10.7 Å². The lowest BCUT2D eigenvalue weighted by Gasteiger charge is -2.34. The topological polar surface area (TPSA) is 84.9 Å². The number of anilines is 1. The van der Waals surface area contributed by atoms with Gasteiger partial charge in [-0.2, -0.15) is 0 Å². The molecule has 0 aliphatic carbocycles. The molecule has 0 spiro atoms. The normalized spacial score (nSPS) is 16.7. The summed E-state index contributed by atoms with van der Waals surface area (Å²) in [7, 11) is 0. The van der Waals surface area contributed by atoms with Crippen LogP contribution in [-0.2, 0) is 25.5 Å². The first kappa shape index (κ1) is 20.0. The van der Waals surface area contributed by atoms with Gasteiger partial charge in [0, 0.05) is 17.1 Å². The van der Waals surface area contributed by atoms with E-state index >= 15 is 0 Å². The van der Waals surface area contributed by atoms with Crippen molar-refractivity contribution in [2.24, 2.45) is 0 Å². The molecule has 1 N–H and O–H groups in total. The van der Waals surface area contributed by atoms with Crippen molar-refractivity contribution in [2.75, 3.05) is 18.1 Å². The number of nitrogens with one attached hydrogen (secondary N) is 1. The predicted octanol–water partition coefficient (Wildman–Crippen LogP) is 2.69. The third-order valence-corrected chi connectivity index (χ3v) is 3.84. The molecule has 0 radical (unpaired) electrons. The molecule has 0 fully saturated rings. The highest BCUT2D eigenvalue weighted by Crippen LogP contribution is 2.31. The Balaban J connectivity index is 2.26. The standard InChI is InChI=1S/C18H23ClN2O5/c1-5-25-15(22)10-21-14-9-12(19)7-6-11(14)8-13(16(21)23)20-17(24)26-18(2,3)4/h6-7,9,13H,5,8,10H2,1-4H3,(H,20,24)/t13-/m0/s1. The monoisotopic (exact) mass is 382 g/mol. The number of halogens is 1. The summed E-state index contributed by atoms with van der Waals surface area (Å²) in [6.07, 6.45) is -0.409. The lowest BCUT2D eigenvalue weighted by molar-refractivity contribution is -0.142. The maximum Gasteiger partial charge on any atom is 0.408 e. The molecule has 2 amide bonds. The average molecular weight is 383 g/mol. The molecule has 0 saturated heterocycles. The van der Waals surface area contributed by atoms with E-state index in [1.807, 2.05) is 0 Å². The van der Waals surface area contributed by atoms with Crippen LogP contribution in [0.4, 0.5) is 10.5 Å². The highest BCUT2D eigenvalue weighted by Gasteiger charge is 2.36. The summed E-state index contributed by atoms with van der Waals surface area (Å²) >= 11 is 6.04. The van der Waals surface area contributed by atoms with E-state index in [-0.39, 0.29) is 19.6 Å². The minimum Gasteiger partial charge on any atom is -0.465 e. The molecular weight excluding hydrogens is 360 g/mol. The fourth-order valence-electron chi connectivity index (χ4n) is 2.64. The van der Waals surface area contributed by atoms with Crippen LogP contribution in [-0.4, -0.2) is 42.8 Å². The minimum absolute atomic E-state index is 0.211. The Morgan fingerprint density at radius 1 is 1.35 bits per heavy atom. The maximum atomic E-state index is 12.8. The first-order valence-electron chi connectivity index (χ1n) is 8.35. The van der Waals surface area contributed by atoms with Crippen molar-refractivity contribution in [2.45, 2.75) is 45.8 Å². The van der Waals surface area contributed by atoms with E-state index in [1.54, 1.807) is 45.9 Å². The number of benzene rings is 1. The second-order valence-electron chi connectivity index (χ2n) is 6.91. The second-order valence-corrected chi connectivity index (χ2v) is 7.34. The summed E-state index contributed by atoms with van der Waals surface area (Å²) in [6.45, 7) is 6.85. The van der Waals surface area contributed by atoms with Gasteiger partial charge in [-0.25, -0.2) is 4.79 Å². The molecule has 0 bridgehead atoms. The molecule has 1 atom stereocenters. The van der Waals surface area contributed by atoms with E-state index in [0.717, 1.165) is 5.56 Å². The quantitative estimate of drug-likeness (QED) is 0.809. The molecule has 8 heteroatoms. The van der Waals surface area contributed by atoms with Crippen LogP contribution in [0.3, 0.4) is 0 Å². The number of carbonyl (C=O) groups is 3. The minimum atomic E-state index is -0.840. The average Bonchev–Trinajstić information content (AvgIpc) is 2.50. The fourth-order valence-corrected chi connectivity index (χ4v) is 2.80. The molecule has 26 heavy (non-hydrogen) atoms. The van der Waals surface area contributed by atoms with Gasteiger partial charge < -0.3 is 14.8 Å². The maximum absolute atomic E-state index is 12.8. The van der Waals surface area contributed by atoms with Gasteiger partial charge in [-0.1, -0.05) is 17.7 Å². The third kappa shape index (κ3) is 5.11. The van der Waals surface area contributed by atoms with Gasteiger partial charge in [0.2, 0.25) is 0 Å². The van der Waals surface area contributed by atoms with Gasteiger partial charge in [-0.3, -0.25) is 14.5 Å². The highest BCUT2D eigenvalue weighted by atomic mass is 35.5. The van der Waals surface area contributed by atoms with Crippen LogP contribution in [0.5, 0.6) is 0 Å². The van der Waals surface area contributed by atoms with Crippen LogP contribution < -0.4 is 10.2 Å². The van der Waals surface area contributed by atoms with E-state index in [9.17, 15) is 14.4 Å². The molecule has 0 unspecified atom stereocenters. The number of esters is 1.